The second-order valence-electron chi connectivity index (χ2n) is 5.88. The van der Waals surface area contributed by atoms with Gasteiger partial charge in [-0.25, -0.2) is 4.98 Å². The fourth-order valence-corrected chi connectivity index (χ4v) is 3.12. The molecular weight excluding hydrogens is 264 g/mol. The number of aliphatic hydroxyl groups is 1. The molecule has 0 radical (unpaired) electrons. The molecule has 5 nitrogen and oxygen atoms in total. The van der Waals surface area contributed by atoms with Gasteiger partial charge in [0.2, 0.25) is 0 Å². The second-order valence-corrected chi connectivity index (χ2v) is 5.88. The fourth-order valence-electron chi connectivity index (χ4n) is 3.12. The summed E-state index contributed by atoms with van der Waals surface area (Å²) in [4.78, 5) is 10.8. The van der Waals surface area contributed by atoms with Crippen molar-refractivity contribution < 1.29 is 5.11 Å². The van der Waals surface area contributed by atoms with Gasteiger partial charge in [-0.15, -0.1) is 0 Å². The summed E-state index contributed by atoms with van der Waals surface area (Å²) in [5.41, 5.74) is 0.470. The third kappa shape index (κ3) is 3.14. The van der Waals surface area contributed by atoms with Crippen LogP contribution in [0.5, 0.6) is 0 Å². The van der Waals surface area contributed by atoms with Gasteiger partial charge in [0, 0.05) is 44.9 Å². The van der Waals surface area contributed by atoms with Crippen molar-refractivity contribution in [2.45, 2.75) is 31.4 Å². The van der Waals surface area contributed by atoms with E-state index >= 15 is 0 Å². The Kier molecular flexibility index (Phi) is 4.03. The highest BCUT2D eigenvalue weighted by Crippen LogP contribution is 2.31. The van der Waals surface area contributed by atoms with Crippen molar-refractivity contribution in [3.63, 3.8) is 0 Å². The normalized spacial score (nSPS) is 23.9. The van der Waals surface area contributed by atoms with Gasteiger partial charge in [0.15, 0.2) is 0 Å². The highest BCUT2D eigenvalue weighted by atomic mass is 16.3. The minimum atomic E-state index is -0.800. The number of imidazole rings is 1. The number of hydrogen-bond acceptors (Lipinski definition) is 4. The van der Waals surface area contributed by atoms with Crippen LogP contribution in [0.15, 0.2) is 36.9 Å². The molecule has 1 aliphatic heterocycles. The Labute approximate surface area is 125 Å². The van der Waals surface area contributed by atoms with Crippen LogP contribution in [-0.4, -0.2) is 37.6 Å². The maximum Gasteiger partial charge on any atom is 0.140 e. The van der Waals surface area contributed by atoms with Crippen LogP contribution in [0.3, 0.4) is 0 Å². The highest BCUT2D eigenvalue weighted by Gasteiger charge is 2.35. The zero-order chi connectivity index (χ0) is 14.7. The number of rotatable bonds is 3. The van der Waals surface area contributed by atoms with Crippen LogP contribution < -0.4 is 0 Å². The van der Waals surface area contributed by atoms with E-state index in [1.165, 1.54) is 5.56 Å². The lowest BCUT2D eigenvalue weighted by molar-refractivity contribution is 0.00973. The van der Waals surface area contributed by atoms with Gasteiger partial charge in [0.25, 0.3) is 0 Å². The van der Waals surface area contributed by atoms with E-state index in [1.807, 2.05) is 30.2 Å². The minimum Gasteiger partial charge on any atom is -0.382 e. The molecule has 1 aliphatic rings. The van der Waals surface area contributed by atoms with E-state index in [4.69, 9.17) is 0 Å². The molecule has 2 aromatic heterocycles. The summed E-state index contributed by atoms with van der Waals surface area (Å²) in [5.74, 6) is 0.785. The van der Waals surface area contributed by atoms with Crippen molar-refractivity contribution in [3.8, 4) is 0 Å². The Morgan fingerprint density at radius 2 is 2.00 bits per heavy atom. The van der Waals surface area contributed by atoms with Gasteiger partial charge in [0.1, 0.15) is 11.4 Å². The Morgan fingerprint density at radius 1 is 1.19 bits per heavy atom. The quantitative estimate of drug-likeness (QED) is 0.933. The molecule has 0 aromatic carbocycles. The van der Waals surface area contributed by atoms with E-state index in [0.717, 1.165) is 44.7 Å². The zero-order valence-corrected chi connectivity index (χ0v) is 12.4. The third-order valence-electron chi connectivity index (χ3n) is 4.30. The van der Waals surface area contributed by atoms with Gasteiger partial charge in [-0.3, -0.25) is 9.88 Å². The molecule has 1 fully saturated rings. The molecule has 0 amide bonds. The molecule has 0 bridgehead atoms. The first kappa shape index (κ1) is 14.2. The predicted octanol–water partition coefficient (Wildman–Crippen LogP) is 1.69. The van der Waals surface area contributed by atoms with E-state index in [-0.39, 0.29) is 0 Å². The number of likely N-dealkylation sites (tertiary alicyclic amines) is 1. The molecule has 0 saturated carbocycles. The molecule has 0 spiro atoms. The smallest absolute Gasteiger partial charge is 0.140 e. The first-order chi connectivity index (χ1) is 10.2. The molecule has 2 aromatic rings. The lowest BCUT2D eigenvalue weighted by Gasteiger charge is -2.26. The van der Waals surface area contributed by atoms with E-state index < -0.39 is 5.60 Å². The van der Waals surface area contributed by atoms with E-state index in [1.54, 1.807) is 6.20 Å². The lowest BCUT2D eigenvalue weighted by Crippen LogP contribution is -2.31. The average molecular weight is 286 g/mol. The molecule has 112 valence electrons. The van der Waals surface area contributed by atoms with Crippen molar-refractivity contribution in [1.82, 2.24) is 19.4 Å². The van der Waals surface area contributed by atoms with Crippen molar-refractivity contribution in [2.75, 3.05) is 13.1 Å². The Bertz CT molecular complexity index is 583. The van der Waals surface area contributed by atoms with Crippen molar-refractivity contribution in [2.24, 2.45) is 7.05 Å². The third-order valence-corrected chi connectivity index (χ3v) is 4.30. The van der Waals surface area contributed by atoms with Crippen molar-refractivity contribution in [1.29, 1.82) is 0 Å². The number of pyridine rings is 1. The largest absolute Gasteiger partial charge is 0.382 e. The summed E-state index contributed by atoms with van der Waals surface area (Å²) in [6.07, 6.45) is 9.79. The molecule has 3 heterocycles. The Hall–Kier alpha value is -1.72. The van der Waals surface area contributed by atoms with Gasteiger partial charge in [-0.2, -0.15) is 0 Å². The number of aryl methyl sites for hydroxylation is 1. The highest BCUT2D eigenvalue weighted by molar-refractivity contribution is 5.10. The number of hydrogen-bond donors (Lipinski definition) is 1. The predicted molar refractivity (Wildman–Crippen MR) is 80.5 cm³/mol. The summed E-state index contributed by atoms with van der Waals surface area (Å²) < 4.78 is 1.93. The van der Waals surface area contributed by atoms with Crippen LogP contribution in [0.2, 0.25) is 0 Å². The zero-order valence-electron chi connectivity index (χ0n) is 12.4. The van der Waals surface area contributed by atoms with E-state index in [2.05, 4.69) is 27.0 Å². The number of aromatic nitrogens is 3. The van der Waals surface area contributed by atoms with E-state index in [0.29, 0.717) is 0 Å². The van der Waals surface area contributed by atoms with Crippen LogP contribution in [0.4, 0.5) is 0 Å². The summed E-state index contributed by atoms with van der Waals surface area (Å²) >= 11 is 0. The summed E-state index contributed by atoms with van der Waals surface area (Å²) in [6.45, 7) is 2.81. The molecule has 1 N–H and O–H groups in total. The van der Waals surface area contributed by atoms with Crippen molar-refractivity contribution >= 4 is 0 Å². The average Bonchev–Trinajstić information content (AvgIpc) is 2.84. The molecular formula is C16H22N4O. The standard InChI is InChI=1S/C16H22N4O/c1-19-12-9-18-15(19)16(21)5-2-10-20(11-6-16)13-14-3-7-17-8-4-14/h3-4,7-9,12,21H,2,5-6,10-11,13H2,1H3/t16-/m0/s1. The first-order valence-corrected chi connectivity index (χ1v) is 7.49. The molecule has 5 heteroatoms. The van der Waals surface area contributed by atoms with Crippen LogP contribution in [0, 0.1) is 0 Å². The van der Waals surface area contributed by atoms with Crippen molar-refractivity contribution in [3.05, 3.63) is 48.3 Å². The van der Waals surface area contributed by atoms with Gasteiger partial charge < -0.3 is 9.67 Å². The molecule has 1 saturated heterocycles. The summed E-state index contributed by atoms with van der Waals surface area (Å²) in [5, 5.41) is 11.0. The minimum absolute atomic E-state index is 0.725. The second kappa shape index (κ2) is 5.95. The summed E-state index contributed by atoms with van der Waals surface area (Å²) in [7, 11) is 1.94. The molecule has 21 heavy (non-hydrogen) atoms. The maximum atomic E-state index is 11.0. The first-order valence-electron chi connectivity index (χ1n) is 7.49. The van der Waals surface area contributed by atoms with Crippen LogP contribution in [0.1, 0.15) is 30.7 Å². The summed E-state index contributed by atoms with van der Waals surface area (Å²) in [6, 6.07) is 4.10. The maximum absolute atomic E-state index is 11.0. The lowest BCUT2D eigenvalue weighted by atomic mass is 9.94. The Balaban J connectivity index is 1.68. The molecule has 0 aliphatic carbocycles. The Morgan fingerprint density at radius 3 is 2.71 bits per heavy atom. The van der Waals surface area contributed by atoms with Crippen LogP contribution >= 0.6 is 0 Å². The van der Waals surface area contributed by atoms with Gasteiger partial charge in [-0.05, 0) is 43.5 Å². The fraction of sp³-hybridized carbons (Fsp3) is 0.500. The number of nitrogens with zero attached hydrogens (tertiary/aromatic N) is 4. The molecule has 1 atom stereocenters. The van der Waals surface area contributed by atoms with Crippen LogP contribution in [0.25, 0.3) is 0 Å². The van der Waals surface area contributed by atoms with Gasteiger partial charge in [-0.1, -0.05) is 0 Å². The van der Waals surface area contributed by atoms with E-state index in [9.17, 15) is 5.11 Å². The molecule has 0 unspecified atom stereocenters. The van der Waals surface area contributed by atoms with Gasteiger partial charge >= 0.3 is 0 Å². The van der Waals surface area contributed by atoms with Gasteiger partial charge in [0.05, 0.1) is 0 Å². The monoisotopic (exact) mass is 286 g/mol. The van der Waals surface area contributed by atoms with Crippen LogP contribution in [-0.2, 0) is 19.2 Å². The molecule has 3 rings (SSSR count). The topological polar surface area (TPSA) is 54.2 Å². The SMILES string of the molecule is Cn1ccnc1[C@]1(O)CCCN(Cc2ccncc2)CC1.